The maximum Gasteiger partial charge on any atom is 0.348 e. The van der Waals surface area contributed by atoms with Crippen LogP contribution in [0.15, 0.2) is 48.6 Å². The number of aliphatic hydroxyl groups is 2. The summed E-state index contributed by atoms with van der Waals surface area (Å²) >= 11 is 0. The van der Waals surface area contributed by atoms with Crippen molar-refractivity contribution in [3.8, 4) is 5.75 Å². The van der Waals surface area contributed by atoms with Crippen LogP contribution < -0.4 is 9.64 Å². The van der Waals surface area contributed by atoms with Gasteiger partial charge in [0.1, 0.15) is 22.9 Å². The van der Waals surface area contributed by atoms with Gasteiger partial charge >= 0.3 is 17.9 Å². The Morgan fingerprint density at radius 2 is 1.75 bits per heavy atom. The first-order valence-corrected chi connectivity index (χ1v) is 21.3. The van der Waals surface area contributed by atoms with Crippen molar-refractivity contribution in [2.75, 3.05) is 61.1 Å². The van der Waals surface area contributed by atoms with Crippen LogP contribution in [0.1, 0.15) is 75.3 Å². The Morgan fingerprint density at radius 1 is 0.983 bits per heavy atom. The molecule has 2 aromatic carbocycles. The van der Waals surface area contributed by atoms with Gasteiger partial charge in [0, 0.05) is 78.3 Å². The average Bonchev–Trinajstić information content (AvgIpc) is 3.90. The lowest BCUT2D eigenvalue weighted by Gasteiger charge is -2.61. The molecule has 5 aliphatic heterocycles. The number of fused-ring (bicyclic) bond motifs is 6. The van der Waals surface area contributed by atoms with Gasteiger partial charge in [0.15, 0.2) is 6.10 Å². The van der Waals surface area contributed by atoms with Gasteiger partial charge in [-0.25, -0.2) is 4.79 Å². The summed E-state index contributed by atoms with van der Waals surface area (Å²) in [5.74, 6) is -1.50. The van der Waals surface area contributed by atoms with Crippen LogP contribution in [0.2, 0.25) is 0 Å². The molecule has 1 aromatic heterocycles. The number of aromatic nitrogens is 1. The second-order valence-corrected chi connectivity index (χ2v) is 18.3. The summed E-state index contributed by atoms with van der Waals surface area (Å²) in [7, 11) is 6.26. The molecule has 1 spiro atoms. The van der Waals surface area contributed by atoms with E-state index in [-0.39, 0.29) is 12.0 Å². The number of rotatable bonds is 7. The second kappa shape index (κ2) is 13.9. The van der Waals surface area contributed by atoms with E-state index in [9.17, 15) is 19.8 Å². The highest BCUT2D eigenvalue weighted by Crippen LogP contribution is 2.65. The van der Waals surface area contributed by atoms with Gasteiger partial charge in [-0.3, -0.25) is 24.3 Å². The minimum absolute atomic E-state index is 0.0934. The maximum atomic E-state index is 15.3. The van der Waals surface area contributed by atoms with Crippen LogP contribution in [-0.4, -0.2) is 133 Å². The molecule has 9 rings (SSSR count). The SMILES string of the molecule is CCC1(O)CC2CN(CCc3c([nH]c4ccccc34)C(C(=O)OC)(c3cc4c(cc3OC)[NH+](C)[C@@H]3[C@](O)(C(=O)OC)[C@@H](OC(C)=O)[C@]5(CC)C=CCN6CC[C@@]43[C@H]65)C2)C1. The number of hydrogen-bond donors (Lipinski definition) is 4. The molecule has 13 heteroatoms. The molecule has 5 unspecified atom stereocenters. The van der Waals surface area contributed by atoms with Crippen molar-refractivity contribution in [3.05, 3.63) is 70.9 Å². The molecular formula is C46H59N4O9+. The molecular weight excluding hydrogens is 753 g/mol. The van der Waals surface area contributed by atoms with Crippen LogP contribution in [0.3, 0.4) is 0 Å². The van der Waals surface area contributed by atoms with Crippen LogP contribution in [0.4, 0.5) is 5.69 Å². The highest BCUT2D eigenvalue weighted by molar-refractivity contribution is 5.94. The van der Waals surface area contributed by atoms with E-state index in [0.717, 1.165) is 38.3 Å². The topological polar surface area (TPSA) is 155 Å². The zero-order chi connectivity index (χ0) is 41.9. The van der Waals surface area contributed by atoms with E-state index >= 15 is 4.79 Å². The summed E-state index contributed by atoms with van der Waals surface area (Å²) in [6.45, 7) is 8.67. The Balaban J connectivity index is 1.36. The Morgan fingerprint density at radius 3 is 2.44 bits per heavy atom. The zero-order valence-electron chi connectivity index (χ0n) is 35.4. The normalized spacial score (nSPS) is 38.2. The molecule has 1 saturated carbocycles. The van der Waals surface area contributed by atoms with E-state index in [4.69, 9.17) is 18.9 Å². The van der Waals surface area contributed by atoms with Crippen LogP contribution >= 0.6 is 0 Å². The number of nitrogens with one attached hydrogen (secondary N) is 2. The fourth-order valence-electron chi connectivity index (χ4n) is 13.7. The number of piperidine rings is 1. The minimum Gasteiger partial charge on any atom is -0.496 e. The van der Waals surface area contributed by atoms with Gasteiger partial charge in [-0.1, -0.05) is 44.2 Å². The van der Waals surface area contributed by atoms with Crippen molar-refractivity contribution in [1.82, 2.24) is 14.8 Å². The molecule has 11 atom stereocenters. The van der Waals surface area contributed by atoms with E-state index in [1.54, 1.807) is 7.11 Å². The molecule has 6 aliphatic rings. The highest BCUT2D eigenvalue weighted by atomic mass is 16.6. The predicted molar refractivity (Wildman–Crippen MR) is 219 cm³/mol. The lowest BCUT2D eigenvalue weighted by Crippen LogP contribution is -3.13. The third-order valence-corrected chi connectivity index (χ3v) is 15.8. The lowest BCUT2D eigenvalue weighted by atomic mass is 9.47. The first-order valence-electron chi connectivity index (χ1n) is 21.3. The summed E-state index contributed by atoms with van der Waals surface area (Å²) < 4.78 is 24.0. The fourth-order valence-corrected chi connectivity index (χ4v) is 13.7. The molecule has 0 radical (unpaired) electrons. The number of aromatic amines is 1. The molecule has 13 nitrogen and oxygen atoms in total. The van der Waals surface area contributed by atoms with E-state index in [0.29, 0.717) is 82.6 Å². The standard InChI is InChI=1S/C46H58N4O9/c1-8-42(54)23-28-24-45(40(52)57-6,36-30(15-19-49(25-28)26-42)29-13-10-11-14-33(29)47-36)32-21-31-34(22-35(32)56-5)48(4)38-44(31)17-20-50-18-12-16-43(9-2,37(44)50)39(59-27(3)51)46(38,55)41(53)58-7/h10-14,16,21-22,28,37-39,47,54-55H,8-9,15,17-20,23-26H2,1-7H3/p+1/t28?,37-,38+,39+,42?,43-,44+,45?,46-/m1/s1. The number of carbonyl (C=O) groups is 3. The van der Waals surface area contributed by atoms with Crippen LogP contribution in [0.25, 0.3) is 10.9 Å². The smallest absolute Gasteiger partial charge is 0.348 e. The van der Waals surface area contributed by atoms with Crippen LogP contribution in [0, 0.1) is 11.3 Å². The molecule has 0 amide bonds. The van der Waals surface area contributed by atoms with Crippen molar-refractivity contribution < 1.29 is 48.4 Å². The minimum atomic E-state index is -2.26. The Kier molecular flexibility index (Phi) is 9.45. The molecule has 59 heavy (non-hydrogen) atoms. The summed E-state index contributed by atoms with van der Waals surface area (Å²) in [6, 6.07) is 11.1. The Hall–Kier alpha value is -4.27. The monoisotopic (exact) mass is 811 g/mol. The predicted octanol–water partition coefficient (Wildman–Crippen LogP) is 2.70. The van der Waals surface area contributed by atoms with Crippen molar-refractivity contribution in [2.45, 2.75) is 99.5 Å². The summed E-state index contributed by atoms with van der Waals surface area (Å²) in [5, 5.41) is 26.4. The second-order valence-electron chi connectivity index (χ2n) is 18.3. The van der Waals surface area contributed by atoms with E-state index in [2.05, 4.69) is 39.1 Å². The molecule has 316 valence electrons. The summed E-state index contributed by atoms with van der Waals surface area (Å²) in [4.78, 5) is 52.0. The highest BCUT2D eigenvalue weighted by Gasteiger charge is 2.83. The van der Waals surface area contributed by atoms with Crippen molar-refractivity contribution in [3.63, 3.8) is 0 Å². The number of ether oxygens (including phenoxy) is 4. The largest absolute Gasteiger partial charge is 0.496 e. The van der Waals surface area contributed by atoms with Gasteiger partial charge in [0.25, 0.3) is 5.60 Å². The van der Waals surface area contributed by atoms with Gasteiger partial charge in [0.05, 0.1) is 39.4 Å². The van der Waals surface area contributed by atoms with Crippen molar-refractivity contribution in [1.29, 1.82) is 0 Å². The molecule has 1 aliphatic carbocycles. The fraction of sp³-hybridized carbons (Fsp3) is 0.587. The summed E-state index contributed by atoms with van der Waals surface area (Å²) in [5.41, 5.74) is -1.37. The molecule has 6 heterocycles. The van der Waals surface area contributed by atoms with Gasteiger partial charge < -0.3 is 34.1 Å². The molecule has 2 saturated heterocycles. The number of benzene rings is 2. The first-order chi connectivity index (χ1) is 28.2. The van der Waals surface area contributed by atoms with Gasteiger partial charge in [0.2, 0.25) is 0 Å². The van der Waals surface area contributed by atoms with Gasteiger partial charge in [-0.2, -0.15) is 0 Å². The van der Waals surface area contributed by atoms with E-state index < -0.39 is 57.5 Å². The van der Waals surface area contributed by atoms with E-state index in [1.165, 1.54) is 21.1 Å². The maximum absolute atomic E-state index is 15.3. The number of para-hydroxylation sites is 1. The zero-order valence-corrected chi connectivity index (χ0v) is 35.4. The average molecular weight is 812 g/mol. The number of methoxy groups -OCH3 is 3. The van der Waals surface area contributed by atoms with Crippen molar-refractivity contribution in [2.24, 2.45) is 11.3 Å². The number of H-pyrrole nitrogens is 1. The quantitative estimate of drug-likeness (QED) is 0.158. The van der Waals surface area contributed by atoms with Crippen LogP contribution in [-0.2, 0) is 45.8 Å². The van der Waals surface area contributed by atoms with Gasteiger partial charge in [-0.15, -0.1) is 0 Å². The molecule has 3 aromatic rings. The Bertz CT molecular complexity index is 2260. The number of esters is 3. The van der Waals surface area contributed by atoms with Crippen molar-refractivity contribution >= 4 is 34.5 Å². The Labute approximate surface area is 345 Å². The lowest BCUT2D eigenvalue weighted by molar-refractivity contribution is -0.848. The van der Waals surface area contributed by atoms with Gasteiger partial charge in [-0.05, 0) is 68.7 Å². The number of quaternary nitrogens is 1. The number of nitrogens with zero attached hydrogens (tertiary/aromatic N) is 2. The molecule has 2 bridgehead atoms. The first kappa shape index (κ1) is 40.2. The number of carbonyl (C=O) groups excluding carboxylic acids is 3. The van der Waals surface area contributed by atoms with E-state index in [1.807, 2.05) is 45.2 Å². The number of hydrogen-bond acceptors (Lipinski definition) is 11. The third kappa shape index (κ3) is 5.23. The number of likely N-dealkylation sites (N-methyl/N-ethyl adjacent to an activating group) is 1. The van der Waals surface area contributed by atoms with Crippen LogP contribution in [0.5, 0.6) is 5.75 Å². The summed E-state index contributed by atoms with van der Waals surface area (Å²) in [6.07, 6.45) is 6.03. The third-order valence-electron chi connectivity index (χ3n) is 15.8. The molecule has 3 fully saturated rings. The molecule has 4 N–H and O–H groups in total.